The number of benzene rings is 1. The van der Waals surface area contributed by atoms with Crippen molar-refractivity contribution in [3.05, 3.63) is 39.5 Å². The van der Waals surface area contributed by atoms with E-state index in [9.17, 15) is 19.8 Å². The van der Waals surface area contributed by atoms with E-state index in [0.29, 0.717) is 55.4 Å². The van der Waals surface area contributed by atoms with Crippen molar-refractivity contribution in [1.29, 1.82) is 0 Å². The Bertz CT molecular complexity index is 1110. The van der Waals surface area contributed by atoms with E-state index < -0.39 is 18.2 Å². The predicted molar refractivity (Wildman–Crippen MR) is 176 cm³/mol. The van der Waals surface area contributed by atoms with Crippen LogP contribution in [-0.2, 0) is 19.1 Å². The van der Waals surface area contributed by atoms with Gasteiger partial charge in [-0.15, -0.1) is 0 Å². The molecule has 1 aliphatic heterocycles. The van der Waals surface area contributed by atoms with Crippen LogP contribution < -0.4 is 10.1 Å². The van der Waals surface area contributed by atoms with Crippen LogP contribution in [0.1, 0.15) is 46.5 Å². The molecule has 1 aromatic rings. The summed E-state index contributed by atoms with van der Waals surface area (Å²) >= 11 is 2.18. The molecule has 3 aliphatic rings. The number of hydrogen-bond donors (Lipinski definition) is 3. The smallest absolute Gasteiger partial charge is 0.248 e. The Balaban J connectivity index is 1.58. The number of morpholine rings is 1. The highest BCUT2D eigenvalue weighted by atomic mass is 127. The average molecular weight is 728 g/mol. The lowest BCUT2D eigenvalue weighted by Gasteiger charge is -2.42. The van der Waals surface area contributed by atoms with Crippen molar-refractivity contribution in [2.45, 2.75) is 70.8 Å². The number of carbonyl (C=O) groups is 2. The van der Waals surface area contributed by atoms with Crippen LogP contribution >= 0.6 is 22.6 Å². The molecule has 0 bridgehead atoms. The van der Waals surface area contributed by atoms with Crippen LogP contribution in [0.3, 0.4) is 0 Å². The molecule has 2 fully saturated rings. The van der Waals surface area contributed by atoms with Crippen LogP contribution in [0, 0.1) is 21.3 Å². The minimum Gasteiger partial charge on any atom is -0.482 e. The number of rotatable bonds is 13. The fourth-order valence-corrected chi connectivity index (χ4v) is 7.10. The molecular weight excluding hydrogens is 677 g/mol. The van der Waals surface area contributed by atoms with Gasteiger partial charge in [-0.05, 0) is 71.4 Å². The molecule has 1 saturated carbocycles. The highest BCUT2D eigenvalue weighted by Gasteiger charge is 2.41. The summed E-state index contributed by atoms with van der Waals surface area (Å²) < 4.78 is 19.1. The van der Waals surface area contributed by atoms with E-state index in [0.717, 1.165) is 29.5 Å². The lowest BCUT2D eigenvalue weighted by atomic mass is 9.75. The quantitative estimate of drug-likeness (QED) is 0.266. The molecule has 1 heterocycles. The third kappa shape index (κ3) is 9.62. The van der Waals surface area contributed by atoms with Gasteiger partial charge in [0.25, 0.3) is 0 Å². The molecule has 2 aliphatic carbocycles. The average Bonchev–Trinajstić information content (AvgIpc) is 3.01. The standard InChI is InChI=1S/C33H50IN3O7/c1-22(2)25-9-8-23(3)18-29(25)43-21-31(39)37(12-11-36-13-16-42-17-14-36)27-19-24(33(41)35-10-15-38)20-30(32(27)40)44-28-7-5-4-6-26(28)34/h4-7,20,22-23,25,27,29-30,32,38,40H,8-19,21H2,1-3H3,(H,35,41)/t23-,25+,27+,29-,30-,32-/m0/s1. The topological polar surface area (TPSA) is 121 Å². The van der Waals surface area contributed by atoms with Gasteiger partial charge >= 0.3 is 0 Å². The number of aliphatic hydroxyl groups excluding tert-OH is 2. The second kappa shape index (κ2) is 17.2. The molecule has 0 radical (unpaired) electrons. The summed E-state index contributed by atoms with van der Waals surface area (Å²) in [5, 5.41) is 23.8. The molecule has 44 heavy (non-hydrogen) atoms. The Morgan fingerprint density at radius 1 is 1.20 bits per heavy atom. The first kappa shape index (κ1) is 35.1. The zero-order valence-corrected chi connectivity index (χ0v) is 28.5. The first-order valence-corrected chi connectivity index (χ1v) is 17.2. The number of carbonyl (C=O) groups excluding carboxylic acids is 2. The molecule has 2 amide bonds. The SMILES string of the molecule is CC(C)[C@H]1CC[C@H](C)C[C@@H]1OCC(=O)N(CCN1CCOCC1)[C@@H]1CC(C(=O)NCCO)=C[C@H](Oc2ccccc2I)[C@H]1O. The van der Waals surface area contributed by atoms with Crippen molar-refractivity contribution in [2.75, 3.05) is 59.2 Å². The van der Waals surface area contributed by atoms with Gasteiger partial charge in [-0.2, -0.15) is 0 Å². The molecule has 3 N–H and O–H groups in total. The van der Waals surface area contributed by atoms with Crippen LogP contribution in [0.25, 0.3) is 0 Å². The van der Waals surface area contributed by atoms with Crippen LogP contribution in [0.2, 0.25) is 0 Å². The first-order valence-electron chi connectivity index (χ1n) is 16.1. The monoisotopic (exact) mass is 727 g/mol. The Morgan fingerprint density at radius 3 is 2.66 bits per heavy atom. The predicted octanol–water partition coefficient (Wildman–Crippen LogP) is 2.84. The number of nitrogens with zero attached hydrogens (tertiary/aromatic N) is 2. The molecule has 0 aromatic heterocycles. The molecule has 4 rings (SSSR count). The maximum Gasteiger partial charge on any atom is 0.248 e. The summed E-state index contributed by atoms with van der Waals surface area (Å²) in [4.78, 5) is 31.2. The Hall–Kier alpha value is -1.77. The minimum atomic E-state index is -1.08. The highest BCUT2D eigenvalue weighted by molar-refractivity contribution is 14.1. The van der Waals surface area contributed by atoms with Gasteiger partial charge in [0.15, 0.2) is 0 Å². The van der Waals surface area contributed by atoms with Crippen molar-refractivity contribution in [1.82, 2.24) is 15.1 Å². The zero-order chi connectivity index (χ0) is 31.6. The molecule has 246 valence electrons. The number of ether oxygens (including phenoxy) is 3. The molecule has 0 unspecified atom stereocenters. The second-order valence-electron chi connectivity index (χ2n) is 12.7. The summed E-state index contributed by atoms with van der Waals surface area (Å²) in [6.45, 7) is 10.3. The molecule has 11 heteroatoms. The van der Waals surface area contributed by atoms with Crippen LogP contribution in [-0.4, -0.2) is 115 Å². The van der Waals surface area contributed by atoms with Crippen LogP contribution in [0.15, 0.2) is 35.9 Å². The Labute approximate surface area is 275 Å². The van der Waals surface area contributed by atoms with E-state index >= 15 is 0 Å². The fraction of sp³-hybridized carbons (Fsp3) is 0.697. The van der Waals surface area contributed by atoms with E-state index in [1.165, 1.54) is 6.42 Å². The van der Waals surface area contributed by atoms with E-state index in [1.54, 1.807) is 11.0 Å². The summed E-state index contributed by atoms with van der Waals surface area (Å²) in [6.07, 6.45) is 3.08. The van der Waals surface area contributed by atoms with Crippen molar-refractivity contribution < 1.29 is 34.0 Å². The molecule has 0 spiro atoms. The highest BCUT2D eigenvalue weighted by Crippen LogP contribution is 2.36. The lowest BCUT2D eigenvalue weighted by Crippen LogP contribution is -2.57. The van der Waals surface area contributed by atoms with Gasteiger partial charge in [-0.25, -0.2) is 0 Å². The number of halogens is 1. The minimum absolute atomic E-state index is 0.0102. The molecule has 1 saturated heterocycles. The maximum absolute atomic E-state index is 14.1. The van der Waals surface area contributed by atoms with E-state index in [-0.39, 0.29) is 44.1 Å². The van der Waals surface area contributed by atoms with Crippen molar-refractivity contribution in [2.24, 2.45) is 17.8 Å². The first-order chi connectivity index (χ1) is 21.2. The molecule has 10 nitrogen and oxygen atoms in total. The number of amides is 2. The Kier molecular flexibility index (Phi) is 13.7. The fourth-order valence-electron chi connectivity index (χ4n) is 6.58. The van der Waals surface area contributed by atoms with Gasteiger partial charge in [-0.1, -0.05) is 39.3 Å². The number of hydrogen-bond acceptors (Lipinski definition) is 8. The van der Waals surface area contributed by atoms with E-state index in [2.05, 4.69) is 53.6 Å². The van der Waals surface area contributed by atoms with Crippen LogP contribution in [0.4, 0.5) is 0 Å². The number of para-hydroxylation sites is 1. The third-order valence-corrected chi connectivity index (χ3v) is 10.1. The zero-order valence-electron chi connectivity index (χ0n) is 26.3. The van der Waals surface area contributed by atoms with E-state index in [1.807, 2.05) is 24.3 Å². The van der Waals surface area contributed by atoms with Crippen molar-refractivity contribution >= 4 is 34.4 Å². The van der Waals surface area contributed by atoms with Gasteiger partial charge in [0, 0.05) is 44.7 Å². The van der Waals surface area contributed by atoms with Gasteiger partial charge in [-0.3, -0.25) is 14.5 Å². The van der Waals surface area contributed by atoms with Crippen molar-refractivity contribution in [3.63, 3.8) is 0 Å². The van der Waals surface area contributed by atoms with Gasteiger partial charge < -0.3 is 34.6 Å². The summed E-state index contributed by atoms with van der Waals surface area (Å²) in [7, 11) is 0. The summed E-state index contributed by atoms with van der Waals surface area (Å²) in [5.41, 5.74) is 0.413. The number of aliphatic hydroxyl groups is 2. The van der Waals surface area contributed by atoms with E-state index in [4.69, 9.17) is 14.2 Å². The second-order valence-corrected chi connectivity index (χ2v) is 13.8. The van der Waals surface area contributed by atoms with Crippen LogP contribution in [0.5, 0.6) is 5.75 Å². The molecule has 1 aromatic carbocycles. The summed E-state index contributed by atoms with van der Waals surface area (Å²) in [5.74, 6) is 1.45. The molecule has 6 atom stereocenters. The summed E-state index contributed by atoms with van der Waals surface area (Å²) in [6, 6.07) is 6.79. The van der Waals surface area contributed by atoms with Crippen molar-refractivity contribution in [3.8, 4) is 5.75 Å². The Morgan fingerprint density at radius 2 is 1.95 bits per heavy atom. The number of nitrogens with one attached hydrogen (secondary N) is 1. The van der Waals surface area contributed by atoms with Gasteiger partial charge in [0.1, 0.15) is 24.6 Å². The largest absolute Gasteiger partial charge is 0.482 e. The van der Waals surface area contributed by atoms with Gasteiger partial charge in [0.2, 0.25) is 11.8 Å². The normalized spacial score (nSPS) is 27.9. The maximum atomic E-state index is 14.1. The lowest BCUT2D eigenvalue weighted by molar-refractivity contribution is -0.149. The third-order valence-electron chi connectivity index (χ3n) is 9.18. The van der Waals surface area contributed by atoms with Gasteiger partial charge in [0.05, 0.1) is 35.5 Å². The molecular formula is C33H50IN3O7.